The van der Waals surface area contributed by atoms with Crippen LogP contribution in [-0.2, 0) is 6.42 Å². The molecule has 0 aromatic heterocycles. The van der Waals surface area contributed by atoms with Crippen LogP contribution in [0.4, 0.5) is 0 Å². The highest BCUT2D eigenvalue weighted by atomic mass is 16.1. The zero-order chi connectivity index (χ0) is 11.1. The third kappa shape index (κ3) is 4.15. The van der Waals surface area contributed by atoms with Gasteiger partial charge in [0.2, 0.25) is 5.91 Å². The zero-order valence-corrected chi connectivity index (χ0v) is 9.04. The van der Waals surface area contributed by atoms with Crippen molar-refractivity contribution in [1.82, 2.24) is 0 Å². The van der Waals surface area contributed by atoms with Crippen LogP contribution in [0, 0.1) is 6.92 Å². The second-order valence-electron chi connectivity index (χ2n) is 3.73. The fraction of sp³-hybridized carbons (Fsp3) is 0.385. The molecule has 0 aliphatic rings. The normalized spacial score (nSPS) is 10.2. The van der Waals surface area contributed by atoms with E-state index in [4.69, 9.17) is 5.73 Å². The van der Waals surface area contributed by atoms with E-state index in [1.807, 2.05) is 12.1 Å². The quantitative estimate of drug-likeness (QED) is 0.711. The van der Waals surface area contributed by atoms with Crippen LogP contribution in [0.2, 0.25) is 0 Å². The van der Waals surface area contributed by atoms with Crippen molar-refractivity contribution in [2.24, 2.45) is 5.73 Å². The van der Waals surface area contributed by atoms with E-state index in [0.717, 1.165) is 12.8 Å². The first kappa shape index (κ1) is 11.8. The number of carbonyl (C=O) groups excluding carboxylic acids is 1. The third-order valence-electron chi connectivity index (χ3n) is 2.45. The van der Waals surface area contributed by atoms with Gasteiger partial charge in [0.25, 0.3) is 0 Å². The van der Waals surface area contributed by atoms with E-state index < -0.39 is 0 Å². The number of amides is 1. The Morgan fingerprint density at radius 2 is 1.80 bits per heavy atom. The SMILES string of the molecule is [CH2]CCCCCc1ccc(C(N)=O)cc1. The maximum Gasteiger partial charge on any atom is 0.248 e. The summed E-state index contributed by atoms with van der Waals surface area (Å²) >= 11 is 0. The molecule has 0 atom stereocenters. The Labute approximate surface area is 91.5 Å². The van der Waals surface area contributed by atoms with Gasteiger partial charge in [-0.15, -0.1) is 0 Å². The van der Waals surface area contributed by atoms with Crippen LogP contribution in [0.1, 0.15) is 41.6 Å². The Bertz CT molecular complexity index is 303. The van der Waals surface area contributed by atoms with Gasteiger partial charge in [0, 0.05) is 5.56 Å². The van der Waals surface area contributed by atoms with Gasteiger partial charge in [-0.3, -0.25) is 4.79 Å². The Morgan fingerprint density at radius 3 is 2.33 bits per heavy atom. The monoisotopic (exact) mass is 204 g/mol. The lowest BCUT2D eigenvalue weighted by Gasteiger charge is -2.01. The number of hydrogen-bond donors (Lipinski definition) is 1. The van der Waals surface area contributed by atoms with E-state index in [1.165, 1.54) is 24.8 Å². The van der Waals surface area contributed by atoms with Gasteiger partial charge in [-0.1, -0.05) is 38.3 Å². The average molecular weight is 204 g/mol. The highest BCUT2D eigenvalue weighted by Gasteiger charge is 1.99. The molecule has 15 heavy (non-hydrogen) atoms. The molecular weight excluding hydrogens is 186 g/mol. The molecule has 1 amide bonds. The van der Waals surface area contributed by atoms with Crippen molar-refractivity contribution in [3.63, 3.8) is 0 Å². The van der Waals surface area contributed by atoms with Crippen molar-refractivity contribution in [2.45, 2.75) is 32.1 Å². The first-order chi connectivity index (χ1) is 7.24. The first-order valence-electron chi connectivity index (χ1n) is 5.42. The molecule has 81 valence electrons. The molecule has 1 radical (unpaired) electrons. The van der Waals surface area contributed by atoms with Crippen molar-refractivity contribution in [3.8, 4) is 0 Å². The fourth-order valence-corrected chi connectivity index (χ4v) is 1.52. The minimum absolute atomic E-state index is 0.362. The second-order valence-corrected chi connectivity index (χ2v) is 3.73. The van der Waals surface area contributed by atoms with Gasteiger partial charge in [-0.2, -0.15) is 0 Å². The molecule has 2 N–H and O–H groups in total. The standard InChI is InChI=1S/C13H18NO/c1-2-3-4-5-6-11-7-9-12(10-8-11)13(14)15/h7-10H,1-6H2,(H2,14,15). The third-order valence-corrected chi connectivity index (χ3v) is 2.45. The smallest absolute Gasteiger partial charge is 0.248 e. The maximum absolute atomic E-state index is 10.8. The molecule has 1 rings (SSSR count). The zero-order valence-electron chi connectivity index (χ0n) is 9.04. The summed E-state index contributed by atoms with van der Waals surface area (Å²) in [6.45, 7) is 3.81. The van der Waals surface area contributed by atoms with E-state index in [0.29, 0.717) is 5.56 Å². The Hall–Kier alpha value is -1.31. The molecule has 1 aromatic rings. The fourth-order valence-electron chi connectivity index (χ4n) is 1.52. The summed E-state index contributed by atoms with van der Waals surface area (Å²) in [4.78, 5) is 10.8. The number of benzene rings is 1. The number of hydrogen-bond acceptors (Lipinski definition) is 1. The number of primary amides is 1. The summed E-state index contributed by atoms with van der Waals surface area (Å²) in [5, 5.41) is 0. The summed E-state index contributed by atoms with van der Waals surface area (Å²) in [6, 6.07) is 7.53. The molecule has 2 nitrogen and oxygen atoms in total. The molecule has 0 unspecified atom stereocenters. The van der Waals surface area contributed by atoms with Crippen molar-refractivity contribution in [1.29, 1.82) is 0 Å². The summed E-state index contributed by atoms with van der Waals surface area (Å²) < 4.78 is 0. The van der Waals surface area contributed by atoms with Gasteiger partial charge >= 0.3 is 0 Å². The minimum atomic E-state index is -0.362. The first-order valence-corrected chi connectivity index (χ1v) is 5.42. The largest absolute Gasteiger partial charge is 0.366 e. The van der Waals surface area contributed by atoms with Gasteiger partial charge in [0.15, 0.2) is 0 Å². The average Bonchev–Trinajstić information content (AvgIpc) is 2.25. The predicted molar refractivity (Wildman–Crippen MR) is 62.5 cm³/mol. The molecular formula is C13H18NO. The van der Waals surface area contributed by atoms with Gasteiger partial charge in [-0.25, -0.2) is 0 Å². The van der Waals surface area contributed by atoms with Crippen molar-refractivity contribution < 1.29 is 4.79 Å². The molecule has 0 spiro atoms. The Kier molecular flexibility index (Phi) is 4.88. The second kappa shape index (κ2) is 6.23. The summed E-state index contributed by atoms with van der Waals surface area (Å²) in [5.74, 6) is -0.362. The predicted octanol–water partition coefficient (Wildman–Crippen LogP) is 2.72. The lowest BCUT2D eigenvalue weighted by Crippen LogP contribution is -2.10. The molecule has 0 saturated carbocycles. The molecule has 0 fully saturated rings. The number of rotatable bonds is 6. The molecule has 0 aliphatic carbocycles. The van der Waals surface area contributed by atoms with Crippen LogP contribution in [-0.4, -0.2) is 5.91 Å². The van der Waals surface area contributed by atoms with Gasteiger partial charge in [0.1, 0.15) is 0 Å². The van der Waals surface area contributed by atoms with Gasteiger partial charge in [-0.05, 0) is 30.5 Å². The van der Waals surface area contributed by atoms with Crippen molar-refractivity contribution in [2.75, 3.05) is 0 Å². The van der Waals surface area contributed by atoms with Gasteiger partial charge < -0.3 is 5.73 Å². The van der Waals surface area contributed by atoms with E-state index in [1.54, 1.807) is 12.1 Å². The lowest BCUT2D eigenvalue weighted by molar-refractivity contribution is 0.100. The van der Waals surface area contributed by atoms with Crippen LogP contribution in [0.15, 0.2) is 24.3 Å². The van der Waals surface area contributed by atoms with Crippen LogP contribution in [0.25, 0.3) is 0 Å². The van der Waals surface area contributed by atoms with E-state index in [-0.39, 0.29) is 5.91 Å². The van der Waals surface area contributed by atoms with Crippen LogP contribution in [0.5, 0.6) is 0 Å². The molecule has 0 saturated heterocycles. The number of nitrogens with two attached hydrogens (primary N) is 1. The Morgan fingerprint density at radius 1 is 1.13 bits per heavy atom. The molecule has 0 bridgehead atoms. The van der Waals surface area contributed by atoms with Gasteiger partial charge in [0.05, 0.1) is 0 Å². The van der Waals surface area contributed by atoms with E-state index in [2.05, 4.69) is 6.92 Å². The summed E-state index contributed by atoms with van der Waals surface area (Å²) in [5.41, 5.74) is 7.01. The Balaban J connectivity index is 2.39. The topological polar surface area (TPSA) is 43.1 Å². The van der Waals surface area contributed by atoms with E-state index >= 15 is 0 Å². The van der Waals surface area contributed by atoms with Crippen molar-refractivity contribution in [3.05, 3.63) is 42.3 Å². The van der Waals surface area contributed by atoms with Crippen LogP contribution >= 0.6 is 0 Å². The molecule has 1 aromatic carbocycles. The molecule has 0 aliphatic heterocycles. The number of aryl methyl sites for hydroxylation is 1. The molecule has 0 heterocycles. The molecule has 2 heteroatoms. The summed E-state index contributed by atoms with van der Waals surface area (Å²) in [7, 11) is 0. The highest BCUT2D eigenvalue weighted by molar-refractivity contribution is 5.92. The number of unbranched alkanes of at least 4 members (excludes halogenated alkanes) is 3. The van der Waals surface area contributed by atoms with Crippen molar-refractivity contribution >= 4 is 5.91 Å². The van der Waals surface area contributed by atoms with Crippen LogP contribution < -0.4 is 5.73 Å². The minimum Gasteiger partial charge on any atom is -0.366 e. The number of carbonyl (C=O) groups is 1. The maximum atomic E-state index is 10.8. The lowest BCUT2D eigenvalue weighted by atomic mass is 10.0. The summed E-state index contributed by atoms with van der Waals surface area (Å²) in [6.07, 6.45) is 5.69. The van der Waals surface area contributed by atoms with Crippen LogP contribution in [0.3, 0.4) is 0 Å². The highest BCUT2D eigenvalue weighted by Crippen LogP contribution is 2.09. The van der Waals surface area contributed by atoms with E-state index in [9.17, 15) is 4.79 Å².